The highest BCUT2D eigenvalue weighted by Gasteiger charge is 2.24. The molecule has 1 amide bonds. The van der Waals surface area contributed by atoms with Gasteiger partial charge >= 0.3 is 0 Å². The van der Waals surface area contributed by atoms with Crippen molar-refractivity contribution >= 4 is 29.1 Å². The maximum absolute atomic E-state index is 12.8. The molecule has 2 aromatic carbocycles. The van der Waals surface area contributed by atoms with Crippen molar-refractivity contribution in [1.29, 1.82) is 0 Å². The first-order valence-electron chi connectivity index (χ1n) is 11.7. The average Bonchev–Trinajstić information content (AvgIpc) is 3.54. The number of hydrogen-bond donors (Lipinski definition) is 4. The standard InChI is InChI=1S/C24H27ClN6O3/c25-19-12-20(27-24-28-30-31-29-24)16-7-4-8-17(16)22(19)34-15-9-10-21(32)18(11-15)23(33)26-13-14-5-2-1-3-6-14/h9-12,14,32H,1-8,13H2,(H,26,33)(H2,27,28,29,30,31). The Balaban J connectivity index is 1.35. The summed E-state index contributed by atoms with van der Waals surface area (Å²) in [5, 5.41) is 30.6. The second-order valence-electron chi connectivity index (χ2n) is 8.92. The summed E-state index contributed by atoms with van der Waals surface area (Å²) in [6, 6.07) is 6.47. The van der Waals surface area contributed by atoms with Gasteiger partial charge in [-0.15, -0.1) is 0 Å². The molecular weight excluding hydrogens is 456 g/mol. The number of phenols is 1. The van der Waals surface area contributed by atoms with Crippen molar-refractivity contribution in [2.45, 2.75) is 51.4 Å². The fraction of sp³-hybridized carbons (Fsp3) is 0.417. The highest BCUT2D eigenvalue weighted by Crippen LogP contribution is 2.44. The number of carbonyl (C=O) groups is 1. The van der Waals surface area contributed by atoms with Crippen molar-refractivity contribution < 1.29 is 14.6 Å². The van der Waals surface area contributed by atoms with E-state index in [1.54, 1.807) is 18.2 Å². The number of rotatable bonds is 7. The van der Waals surface area contributed by atoms with Crippen molar-refractivity contribution in [3.05, 3.63) is 46.0 Å². The summed E-state index contributed by atoms with van der Waals surface area (Å²) in [5.74, 6) is 1.56. The Morgan fingerprint density at radius 2 is 1.97 bits per heavy atom. The van der Waals surface area contributed by atoms with Gasteiger partial charge in [0.2, 0.25) is 5.95 Å². The molecule has 5 rings (SSSR count). The monoisotopic (exact) mass is 482 g/mol. The van der Waals surface area contributed by atoms with Gasteiger partial charge in [-0.25, -0.2) is 5.10 Å². The quantitative estimate of drug-likeness (QED) is 0.377. The third kappa shape index (κ3) is 4.79. The van der Waals surface area contributed by atoms with Crippen molar-refractivity contribution in [1.82, 2.24) is 25.9 Å². The van der Waals surface area contributed by atoms with Crippen LogP contribution in [0.15, 0.2) is 24.3 Å². The van der Waals surface area contributed by atoms with Gasteiger partial charge in [-0.2, -0.15) is 0 Å². The Morgan fingerprint density at radius 3 is 2.76 bits per heavy atom. The maximum atomic E-state index is 12.8. The molecule has 34 heavy (non-hydrogen) atoms. The molecule has 0 aliphatic heterocycles. The Kier molecular flexibility index (Phi) is 6.53. The third-order valence-corrected chi connectivity index (χ3v) is 6.89. The first kappa shape index (κ1) is 22.5. The molecule has 1 aromatic heterocycles. The van der Waals surface area contributed by atoms with Crippen LogP contribution in [0.4, 0.5) is 11.6 Å². The average molecular weight is 483 g/mol. The molecule has 178 valence electrons. The number of halogens is 1. The summed E-state index contributed by atoms with van der Waals surface area (Å²) in [7, 11) is 0. The molecule has 2 aliphatic carbocycles. The van der Waals surface area contributed by atoms with Crippen LogP contribution in [0.3, 0.4) is 0 Å². The highest BCUT2D eigenvalue weighted by atomic mass is 35.5. The van der Waals surface area contributed by atoms with Crippen molar-refractivity contribution in [2.75, 3.05) is 11.9 Å². The van der Waals surface area contributed by atoms with E-state index in [1.807, 2.05) is 0 Å². The number of tetrazole rings is 1. The minimum Gasteiger partial charge on any atom is -0.507 e. The van der Waals surface area contributed by atoms with E-state index in [1.165, 1.54) is 25.3 Å². The fourth-order valence-electron chi connectivity index (χ4n) is 4.88. The van der Waals surface area contributed by atoms with Crippen LogP contribution in [0.2, 0.25) is 5.02 Å². The number of aromatic amines is 1. The summed E-state index contributed by atoms with van der Waals surface area (Å²) in [6.07, 6.45) is 8.63. The number of carbonyl (C=O) groups excluding carboxylic acids is 1. The number of fused-ring (bicyclic) bond motifs is 1. The molecule has 3 aromatic rings. The van der Waals surface area contributed by atoms with Gasteiger partial charge in [0.05, 0.1) is 10.6 Å². The summed E-state index contributed by atoms with van der Waals surface area (Å²) in [5.41, 5.74) is 3.13. The van der Waals surface area contributed by atoms with Crippen LogP contribution in [0.5, 0.6) is 17.2 Å². The summed E-state index contributed by atoms with van der Waals surface area (Å²) < 4.78 is 6.18. The number of nitrogens with zero attached hydrogens (tertiary/aromatic N) is 3. The van der Waals surface area contributed by atoms with Crippen molar-refractivity contribution in [3.8, 4) is 17.2 Å². The van der Waals surface area contributed by atoms with Crippen LogP contribution in [-0.4, -0.2) is 38.2 Å². The van der Waals surface area contributed by atoms with Gasteiger partial charge < -0.3 is 20.5 Å². The van der Waals surface area contributed by atoms with Crippen LogP contribution < -0.4 is 15.4 Å². The van der Waals surface area contributed by atoms with Crippen molar-refractivity contribution in [2.24, 2.45) is 5.92 Å². The predicted molar refractivity (Wildman–Crippen MR) is 128 cm³/mol. The first-order valence-corrected chi connectivity index (χ1v) is 12.1. The number of anilines is 2. The van der Waals surface area contributed by atoms with Crippen LogP contribution in [-0.2, 0) is 12.8 Å². The van der Waals surface area contributed by atoms with Crippen LogP contribution in [0, 0.1) is 5.92 Å². The van der Waals surface area contributed by atoms with E-state index in [-0.39, 0.29) is 17.2 Å². The summed E-state index contributed by atoms with van der Waals surface area (Å²) >= 11 is 6.62. The number of hydrogen-bond acceptors (Lipinski definition) is 7. The molecule has 1 fully saturated rings. The second-order valence-corrected chi connectivity index (χ2v) is 9.32. The SMILES string of the molecule is O=C(NCC1CCCCC1)c1cc(Oc2c(Cl)cc(Nc3nnn[nH]3)c3c2CCC3)ccc1O. The zero-order valence-electron chi connectivity index (χ0n) is 18.7. The van der Waals surface area contributed by atoms with Gasteiger partial charge in [-0.1, -0.05) is 36.0 Å². The van der Waals surface area contributed by atoms with Crippen molar-refractivity contribution in [3.63, 3.8) is 0 Å². The second kappa shape index (κ2) is 9.89. The molecule has 9 nitrogen and oxygen atoms in total. The van der Waals surface area contributed by atoms with E-state index in [0.717, 1.165) is 48.9 Å². The lowest BCUT2D eigenvalue weighted by Gasteiger charge is -2.22. The van der Waals surface area contributed by atoms with Crippen LogP contribution in [0.25, 0.3) is 0 Å². The topological polar surface area (TPSA) is 125 Å². The Labute approximate surface area is 202 Å². The van der Waals surface area contributed by atoms with E-state index in [9.17, 15) is 9.90 Å². The number of aromatic hydroxyl groups is 1. The van der Waals surface area contributed by atoms with Gasteiger partial charge in [0.1, 0.15) is 17.2 Å². The Hall–Kier alpha value is -3.33. The van der Waals surface area contributed by atoms with Gasteiger partial charge in [0, 0.05) is 17.8 Å². The third-order valence-electron chi connectivity index (χ3n) is 6.61. The number of benzene rings is 2. The first-order chi connectivity index (χ1) is 16.6. The number of ether oxygens (including phenoxy) is 1. The van der Waals surface area contributed by atoms with Gasteiger partial charge in [-0.05, 0) is 78.3 Å². The number of aromatic nitrogens is 4. The van der Waals surface area contributed by atoms with Gasteiger partial charge in [0.15, 0.2) is 0 Å². The van der Waals surface area contributed by atoms with E-state index < -0.39 is 0 Å². The number of H-pyrrole nitrogens is 1. The molecule has 0 atom stereocenters. The smallest absolute Gasteiger partial charge is 0.255 e. The molecule has 0 radical (unpaired) electrons. The summed E-state index contributed by atoms with van der Waals surface area (Å²) in [4.78, 5) is 12.8. The largest absolute Gasteiger partial charge is 0.507 e. The number of nitrogens with one attached hydrogen (secondary N) is 3. The lowest BCUT2D eigenvalue weighted by molar-refractivity contribution is 0.0940. The zero-order valence-corrected chi connectivity index (χ0v) is 19.5. The molecule has 4 N–H and O–H groups in total. The number of amides is 1. The van der Waals surface area contributed by atoms with E-state index in [2.05, 4.69) is 31.3 Å². The summed E-state index contributed by atoms with van der Waals surface area (Å²) in [6.45, 7) is 0.623. The number of phenolic OH excluding ortho intramolecular Hbond substituents is 1. The minimum atomic E-state index is -0.301. The Morgan fingerprint density at radius 1 is 1.15 bits per heavy atom. The highest BCUT2D eigenvalue weighted by molar-refractivity contribution is 6.32. The molecule has 2 aliphatic rings. The zero-order chi connectivity index (χ0) is 23.5. The fourth-order valence-corrected chi connectivity index (χ4v) is 5.14. The molecule has 0 bridgehead atoms. The minimum absolute atomic E-state index is 0.0787. The molecule has 0 saturated heterocycles. The van der Waals surface area contributed by atoms with Crippen LogP contribution in [0.1, 0.15) is 60.0 Å². The van der Waals surface area contributed by atoms with Crippen LogP contribution >= 0.6 is 11.6 Å². The normalized spacial score (nSPS) is 15.7. The van der Waals surface area contributed by atoms with Gasteiger partial charge in [-0.3, -0.25) is 4.79 Å². The lowest BCUT2D eigenvalue weighted by Crippen LogP contribution is -2.30. The molecule has 1 heterocycles. The molecule has 10 heteroatoms. The molecule has 1 saturated carbocycles. The van der Waals surface area contributed by atoms with E-state index in [4.69, 9.17) is 16.3 Å². The Bertz CT molecular complexity index is 1180. The lowest BCUT2D eigenvalue weighted by atomic mass is 9.89. The molecular formula is C24H27ClN6O3. The molecule has 0 spiro atoms. The maximum Gasteiger partial charge on any atom is 0.255 e. The molecule has 0 unspecified atom stereocenters. The predicted octanol–water partition coefficient (Wildman–Crippen LogP) is 4.89. The van der Waals surface area contributed by atoms with E-state index >= 15 is 0 Å². The van der Waals surface area contributed by atoms with Gasteiger partial charge in [0.25, 0.3) is 5.91 Å². The van der Waals surface area contributed by atoms with E-state index in [0.29, 0.717) is 34.9 Å².